The fraction of sp³-hybridized carbons (Fsp3) is 0.250. The Kier molecular flexibility index (Phi) is 2.48. The van der Waals surface area contributed by atoms with E-state index < -0.39 is 0 Å². The third-order valence-electron chi connectivity index (χ3n) is 2.30. The molecule has 0 bridgehead atoms. The number of hydrogen-bond acceptors (Lipinski definition) is 0. The van der Waals surface area contributed by atoms with Crippen molar-refractivity contribution in [1.82, 2.24) is 0 Å². The Balaban J connectivity index is 3.24. The standard InChI is InChI=1S/C8H13B3/c1-5-7(10)3-6(9)4-8(5)11-2/h3-4,11H,9-10H2,1-2H3. The molecule has 0 N–H and O–H groups in total. The Morgan fingerprint density at radius 2 is 1.91 bits per heavy atom. The summed E-state index contributed by atoms with van der Waals surface area (Å²) in [6, 6.07) is 4.52. The molecule has 0 unspecified atom stereocenters. The topological polar surface area (TPSA) is 0 Å². The minimum atomic E-state index is 1.15. The summed E-state index contributed by atoms with van der Waals surface area (Å²) in [4.78, 5) is 0. The minimum absolute atomic E-state index is 1.15. The van der Waals surface area contributed by atoms with Crippen LogP contribution >= 0.6 is 0 Å². The maximum Gasteiger partial charge on any atom is 0.154 e. The summed E-state index contributed by atoms with van der Waals surface area (Å²) in [7, 11) is 5.49. The molecule has 0 nitrogen and oxygen atoms in total. The first-order valence-corrected chi connectivity index (χ1v) is 4.22. The van der Waals surface area contributed by atoms with Gasteiger partial charge in [0.05, 0.1) is 0 Å². The highest BCUT2D eigenvalue weighted by molar-refractivity contribution is 6.55. The molecule has 1 rings (SSSR count). The van der Waals surface area contributed by atoms with Crippen LogP contribution in [0.15, 0.2) is 12.1 Å². The highest BCUT2D eigenvalue weighted by Crippen LogP contribution is 1.85. The maximum atomic E-state index is 2.28. The van der Waals surface area contributed by atoms with Gasteiger partial charge in [-0.2, -0.15) is 0 Å². The van der Waals surface area contributed by atoms with E-state index in [2.05, 4.69) is 41.6 Å². The molecule has 0 saturated heterocycles. The fourth-order valence-electron chi connectivity index (χ4n) is 1.49. The zero-order chi connectivity index (χ0) is 8.43. The lowest BCUT2D eigenvalue weighted by atomic mass is 9.66. The minimum Gasteiger partial charge on any atom is -0.0900 e. The van der Waals surface area contributed by atoms with Crippen LogP contribution in [0.5, 0.6) is 0 Å². The van der Waals surface area contributed by atoms with Crippen LogP contribution in [0.1, 0.15) is 5.56 Å². The number of hydrogen-bond donors (Lipinski definition) is 0. The lowest BCUT2D eigenvalue weighted by molar-refractivity contribution is 1.57. The van der Waals surface area contributed by atoms with Crippen LogP contribution in [-0.4, -0.2) is 23.0 Å². The van der Waals surface area contributed by atoms with Crippen molar-refractivity contribution < 1.29 is 0 Å². The third-order valence-corrected chi connectivity index (χ3v) is 2.30. The number of rotatable bonds is 1. The molecule has 0 aliphatic carbocycles. The van der Waals surface area contributed by atoms with Crippen molar-refractivity contribution in [3.63, 3.8) is 0 Å². The summed E-state index contributed by atoms with van der Waals surface area (Å²) in [5.41, 5.74) is 5.74. The first-order chi connectivity index (χ1) is 5.15. The molecule has 0 aliphatic rings. The van der Waals surface area contributed by atoms with Crippen molar-refractivity contribution in [1.29, 1.82) is 0 Å². The van der Waals surface area contributed by atoms with Gasteiger partial charge in [-0.3, -0.25) is 0 Å². The molecule has 0 saturated carbocycles. The van der Waals surface area contributed by atoms with Gasteiger partial charge in [-0.25, -0.2) is 0 Å². The Hall–Kier alpha value is -0.585. The lowest BCUT2D eigenvalue weighted by Crippen LogP contribution is -2.29. The van der Waals surface area contributed by atoms with Gasteiger partial charge < -0.3 is 0 Å². The molecule has 0 radical (unpaired) electrons. The summed E-state index contributed by atoms with van der Waals surface area (Å²) in [5, 5.41) is 0. The van der Waals surface area contributed by atoms with E-state index in [0.717, 1.165) is 7.28 Å². The molecule has 0 aliphatic heterocycles. The van der Waals surface area contributed by atoms with Crippen molar-refractivity contribution >= 4 is 39.4 Å². The summed E-state index contributed by atoms with van der Waals surface area (Å²) in [6.07, 6.45) is 0. The molecule has 0 aromatic heterocycles. The largest absolute Gasteiger partial charge is 0.154 e. The molecule has 0 atom stereocenters. The molecule has 0 heterocycles. The highest BCUT2D eigenvalue weighted by Gasteiger charge is 1.99. The second-order valence-electron chi connectivity index (χ2n) is 3.22. The molecule has 1 aromatic carbocycles. The molecular weight excluding hydrogens is 129 g/mol. The summed E-state index contributed by atoms with van der Waals surface area (Å²) in [5.74, 6) is 0. The molecule has 0 amide bonds. The first-order valence-electron chi connectivity index (χ1n) is 4.22. The Morgan fingerprint density at radius 1 is 1.27 bits per heavy atom. The molecule has 54 valence electrons. The second-order valence-corrected chi connectivity index (χ2v) is 3.22. The Morgan fingerprint density at radius 3 is 2.45 bits per heavy atom. The van der Waals surface area contributed by atoms with E-state index in [9.17, 15) is 0 Å². The predicted molar refractivity (Wildman–Crippen MR) is 60.2 cm³/mol. The molecule has 11 heavy (non-hydrogen) atoms. The van der Waals surface area contributed by atoms with Crippen molar-refractivity contribution in [3.8, 4) is 0 Å². The second kappa shape index (κ2) is 3.21. The number of benzene rings is 1. The Bertz CT molecular complexity index is 268. The van der Waals surface area contributed by atoms with Gasteiger partial charge in [0, 0.05) is 0 Å². The molecule has 0 spiro atoms. The molecular formula is C8H13B3. The van der Waals surface area contributed by atoms with Gasteiger partial charge in [0.2, 0.25) is 0 Å². The van der Waals surface area contributed by atoms with Crippen LogP contribution in [0.25, 0.3) is 0 Å². The van der Waals surface area contributed by atoms with Crippen molar-refractivity contribution in [2.45, 2.75) is 13.7 Å². The molecule has 0 fully saturated rings. The Labute approximate surface area is 71.5 Å². The zero-order valence-corrected chi connectivity index (χ0v) is 7.86. The van der Waals surface area contributed by atoms with Gasteiger partial charge in [0.25, 0.3) is 0 Å². The van der Waals surface area contributed by atoms with Crippen LogP contribution in [0.4, 0.5) is 0 Å². The predicted octanol–water partition coefficient (Wildman–Crippen LogP) is -2.38. The van der Waals surface area contributed by atoms with Crippen LogP contribution in [-0.2, 0) is 0 Å². The first kappa shape index (κ1) is 8.51. The summed E-state index contributed by atoms with van der Waals surface area (Å²) < 4.78 is 0. The average Bonchev–Trinajstić information content (AvgIpc) is 1.96. The monoisotopic (exact) mass is 142 g/mol. The van der Waals surface area contributed by atoms with Gasteiger partial charge in [-0.1, -0.05) is 40.9 Å². The summed E-state index contributed by atoms with van der Waals surface area (Å²) in [6.45, 7) is 4.41. The smallest absolute Gasteiger partial charge is 0.0900 e. The average molecular weight is 142 g/mol. The van der Waals surface area contributed by atoms with Gasteiger partial charge in [0.1, 0.15) is 15.7 Å². The normalized spacial score (nSPS) is 9.64. The van der Waals surface area contributed by atoms with Crippen LogP contribution in [0.2, 0.25) is 6.82 Å². The fourth-order valence-corrected chi connectivity index (χ4v) is 1.49. The van der Waals surface area contributed by atoms with Gasteiger partial charge >= 0.3 is 0 Å². The van der Waals surface area contributed by atoms with E-state index in [1.165, 1.54) is 22.0 Å². The van der Waals surface area contributed by atoms with E-state index in [1.54, 1.807) is 0 Å². The molecule has 1 aromatic rings. The van der Waals surface area contributed by atoms with E-state index in [4.69, 9.17) is 0 Å². The van der Waals surface area contributed by atoms with Gasteiger partial charge in [-0.05, 0) is 6.92 Å². The SMILES string of the molecule is Bc1cc(B)c(C)c(BC)c1. The van der Waals surface area contributed by atoms with Crippen LogP contribution in [0.3, 0.4) is 0 Å². The van der Waals surface area contributed by atoms with E-state index in [0.29, 0.717) is 0 Å². The zero-order valence-electron chi connectivity index (χ0n) is 7.86. The van der Waals surface area contributed by atoms with Crippen molar-refractivity contribution in [2.75, 3.05) is 0 Å². The van der Waals surface area contributed by atoms with E-state index >= 15 is 0 Å². The van der Waals surface area contributed by atoms with Crippen molar-refractivity contribution in [3.05, 3.63) is 17.7 Å². The van der Waals surface area contributed by atoms with E-state index in [1.807, 2.05) is 0 Å². The van der Waals surface area contributed by atoms with Gasteiger partial charge in [-0.15, -0.1) is 0 Å². The highest BCUT2D eigenvalue weighted by atomic mass is 13.9. The van der Waals surface area contributed by atoms with Crippen LogP contribution in [0, 0.1) is 6.92 Å². The molecule has 3 heteroatoms. The lowest BCUT2D eigenvalue weighted by Gasteiger charge is -2.07. The van der Waals surface area contributed by atoms with E-state index in [-0.39, 0.29) is 0 Å². The quantitative estimate of drug-likeness (QED) is 0.384. The maximum absolute atomic E-state index is 2.28. The van der Waals surface area contributed by atoms with Crippen molar-refractivity contribution in [2.24, 2.45) is 0 Å². The van der Waals surface area contributed by atoms with Gasteiger partial charge in [0.15, 0.2) is 7.28 Å². The summed E-state index contributed by atoms with van der Waals surface area (Å²) >= 11 is 0. The third kappa shape index (κ3) is 1.71. The van der Waals surface area contributed by atoms with Crippen LogP contribution < -0.4 is 16.4 Å².